The third-order valence-electron chi connectivity index (χ3n) is 3.57. The van der Waals surface area contributed by atoms with E-state index in [1.165, 1.54) is 11.3 Å². The fraction of sp³-hybridized carbons (Fsp3) is 0.235. The van der Waals surface area contributed by atoms with Crippen LogP contribution in [0, 0.1) is 6.92 Å². The Morgan fingerprint density at radius 1 is 1.42 bits per heavy atom. The first kappa shape index (κ1) is 16.9. The number of ether oxygens (including phenoxy) is 1. The van der Waals surface area contributed by atoms with Crippen LogP contribution in [0.15, 0.2) is 33.5 Å². The predicted molar refractivity (Wildman–Crippen MR) is 97.9 cm³/mol. The summed E-state index contributed by atoms with van der Waals surface area (Å²) in [5, 5.41) is 0.459. The maximum atomic E-state index is 12.4. The minimum absolute atomic E-state index is 0.228. The van der Waals surface area contributed by atoms with Gasteiger partial charge in [0.05, 0.1) is 12.0 Å². The van der Waals surface area contributed by atoms with Crippen molar-refractivity contribution in [3.63, 3.8) is 0 Å². The highest BCUT2D eigenvalue weighted by atomic mass is 79.9. The van der Waals surface area contributed by atoms with E-state index in [9.17, 15) is 9.59 Å². The number of rotatable bonds is 4. The molecule has 0 aliphatic heterocycles. The summed E-state index contributed by atoms with van der Waals surface area (Å²) in [5.74, 6) is 0.160. The lowest BCUT2D eigenvalue weighted by Gasteiger charge is -2.02. The maximum Gasteiger partial charge on any atom is 0.348 e. The Balaban J connectivity index is 2.04. The SMILES string of the molecule is CCOC(=O)c1sc2nc(Cc3cccc(Br)c3)[nH]c(=O)c2c1C. The lowest BCUT2D eigenvalue weighted by Crippen LogP contribution is -2.12. The molecule has 3 rings (SSSR count). The van der Waals surface area contributed by atoms with Crippen LogP contribution in [-0.4, -0.2) is 22.5 Å². The highest BCUT2D eigenvalue weighted by molar-refractivity contribution is 9.10. The second kappa shape index (κ2) is 6.86. The molecule has 0 spiro atoms. The number of aryl methyl sites for hydroxylation is 1. The average Bonchev–Trinajstić information content (AvgIpc) is 2.85. The van der Waals surface area contributed by atoms with Crippen molar-refractivity contribution in [2.75, 3.05) is 6.61 Å². The molecule has 0 amide bonds. The highest BCUT2D eigenvalue weighted by Crippen LogP contribution is 2.28. The van der Waals surface area contributed by atoms with Crippen molar-refractivity contribution in [3.8, 4) is 0 Å². The van der Waals surface area contributed by atoms with Crippen molar-refractivity contribution in [1.82, 2.24) is 9.97 Å². The maximum absolute atomic E-state index is 12.4. The van der Waals surface area contributed by atoms with Crippen LogP contribution in [0.4, 0.5) is 0 Å². The monoisotopic (exact) mass is 406 g/mol. The number of nitrogens with one attached hydrogen (secondary N) is 1. The molecular weight excluding hydrogens is 392 g/mol. The number of benzene rings is 1. The second-order valence-electron chi connectivity index (χ2n) is 5.28. The molecule has 0 unspecified atom stereocenters. The van der Waals surface area contributed by atoms with Crippen LogP contribution in [0.25, 0.3) is 10.2 Å². The van der Waals surface area contributed by atoms with Gasteiger partial charge in [-0.2, -0.15) is 0 Å². The molecule has 0 aliphatic carbocycles. The summed E-state index contributed by atoms with van der Waals surface area (Å²) < 4.78 is 6.02. The van der Waals surface area contributed by atoms with Gasteiger partial charge in [0.2, 0.25) is 0 Å². The van der Waals surface area contributed by atoms with E-state index < -0.39 is 5.97 Å². The highest BCUT2D eigenvalue weighted by Gasteiger charge is 2.20. The standard InChI is InChI=1S/C17H15BrN2O3S/c1-3-23-17(22)14-9(2)13-15(21)19-12(20-16(13)24-14)8-10-5-4-6-11(18)7-10/h4-7H,3,8H2,1-2H3,(H,19,20,21). The van der Waals surface area contributed by atoms with Gasteiger partial charge in [0, 0.05) is 10.9 Å². The molecule has 0 atom stereocenters. The van der Waals surface area contributed by atoms with E-state index in [4.69, 9.17) is 4.74 Å². The Labute approximate surface area is 150 Å². The van der Waals surface area contributed by atoms with Crippen LogP contribution in [0.5, 0.6) is 0 Å². The van der Waals surface area contributed by atoms with Crippen LogP contribution >= 0.6 is 27.3 Å². The van der Waals surface area contributed by atoms with Gasteiger partial charge in [0.25, 0.3) is 5.56 Å². The first-order valence-electron chi connectivity index (χ1n) is 7.43. The van der Waals surface area contributed by atoms with Gasteiger partial charge in [0.1, 0.15) is 15.5 Å². The van der Waals surface area contributed by atoms with E-state index in [0.29, 0.717) is 39.5 Å². The number of esters is 1. The fourth-order valence-electron chi connectivity index (χ4n) is 2.50. The number of thiophene rings is 1. The minimum atomic E-state index is -0.411. The molecule has 0 saturated heterocycles. The summed E-state index contributed by atoms with van der Waals surface area (Å²) in [4.78, 5) is 32.8. The summed E-state index contributed by atoms with van der Waals surface area (Å²) in [6, 6.07) is 7.83. The molecule has 0 aliphatic rings. The van der Waals surface area contributed by atoms with Crippen molar-refractivity contribution in [2.24, 2.45) is 0 Å². The second-order valence-corrected chi connectivity index (χ2v) is 7.19. The zero-order valence-corrected chi connectivity index (χ0v) is 15.6. The van der Waals surface area contributed by atoms with Gasteiger partial charge in [-0.25, -0.2) is 9.78 Å². The Hall–Kier alpha value is -1.99. The molecule has 5 nitrogen and oxygen atoms in total. The van der Waals surface area contributed by atoms with Gasteiger partial charge in [-0.05, 0) is 37.1 Å². The topological polar surface area (TPSA) is 72.0 Å². The van der Waals surface area contributed by atoms with E-state index in [0.717, 1.165) is 10.0 Å². The molecular formula is C17H15BrN2O3S. The number of hydrogen-bond acceptors (Lipinski definition) is 5. The van der Waals surface area contributed by atoms with E-state index in [1.807, 2.05) is 24.3 Å². The molecule has 0 radical (unpaired) electrons. The van der Waals surface area contributed by atoms with Crippen molar-refractivity contribution in [1.29, 1.82) is 0 Å². The van der Waals surface area contributed by atoms with Crippen molar-refractivity contribution < 1.29 is 9.53 Å². The van der Waals surface area contributed by atoms with Crippen molar-refractivity contribution in [2.45, 2.75) is 20.3 Å². The molecule has 24 heavy (non-hydrogen) atoms. The molecule has 0 fully saturated rings. The molecule has 1 N–H and O–H groups in total. The van der Waals surface area contributed by atoms with Crippen LogP contribution in [0.2, 0.25) is 0 Å². The zero-order chi connectivity index (χ0) is 17.3. The van der Waals surface area contributed by atoms with Gasteiger partial charge < -0.3 is 9.72 Å². The Morgan fingerprint density at radius 2 is 2.21 bits per heavy atom. The summed E-state index contributed by atoms with van der Waals surface area (Å²) in [6.45, 7) is 3.79. The molecule has 0 bridgehead atoms. The number of carbonyl (C=O) groups excluding carboxylic acids is 1. The fourth-order valence-corrected chi connectivity index (χ4v) is 4.04. The largest absolute Gasteiger partial charge is 0.462 e. The van der Waals surface area contributed by atoms with Gasteiger partial charge in [0.15, 0.2) is 0 Å². The summed E-state index contributed by atoms with van der Waals surface area (Å²) in [6.07, 6.45) is 0.510. The third kappa shape index (κ3) is 3.27. The average molecular weight is 407 g/mol. The predicted octanol–water partition coefficient (Wildman–Crippen LogP) is 3.82. The number of H-pyrrole nitrogens is 1. The van der Waals surface area contributed by atoms with E-state index in [2.05, 4.69) is 25.9 Å². The summed E-state index contributed by atoms with van der Waals surface area (Å²) >= 11 is 4.63. The van der Waals surface area contributed by atoms with Crippen LogP contribution in [0.1, 0.15) is 33.5 Å². The van der Waals surface area contributed by atoms with Crippen molar-refractivity contribution >= 4 is 43.5 Å². The van der Waals surface area contributed by atoms with Gasteiger partial charge >= 0.3 is 5.97 Å². The van der Waals surface area contributed by atoms with Crippen LogP contribution < -0.4 is 5.56 Å². The number of carbonyl (C=O) groups is 1. The number of nitrogens with zero attached hydrogens (tertiary/aromatic N) is 1. The molecule has 124 valence electrons. The quantitative estimate of drug-likeness (QED) is 0.668. The summed E-state index contributed by atoms with van der Waals surface area (Å²) in [5.41, 5.74) is 1.43. The smallest absolute Gasteiger partial charge is 0.348 e. The minimum Gasteiger partial charge on any atom is -0.462 e. The first-order valence-corrected chi connectivity index (χ1v) is 9.04. The Bertz CT molecular complexity index is 978. The Morgan fingerprint density at radius 3 is 2.92 bits per heavy atom. The molecule has 2 aromatic heterocycles. The van der Waals surface area contributed by atoms with E-state index >= 15 is 0 Å². The third-order valence-corrected chi connectivity index (χ3v) is 5.23. The van der Waals surface area contributed by atoms with Crippen molar-refractivity contribution in [3.05, 3.63) is 60.9 Å². The molecule has 7 heteroatoms. The number of aromatic amines is 1. The number of fused-ring (bicyclic) bond motifs is 1. The molecule has 1 aromatic carbocycles. The molecule has 2 heterocycles. The van der Waals surface area contributed by atoms with Crippen LogP contribution in [0.3, 0.4) is 0 Å². The first-order chi connectivity index (χ1) is 11.5. The zero-order valence-electron chi connectivity index (χ0n) is 13.2. The van der Waals surface area contributed by atoms with Gasteiger partial charge in [-0.15, -0.1) is 11.3 Å². The normalized spacial score (nSPS) is 11.0. The lowest BCUT2D eigenvalue weighted by molar-refractivity contribution is 0.0531. The van der Waals surface area contributed by atoms with E-state index in [1.54, 1.807) is 13.8 Å². The lowest BCUT2D eigenvalue weighted by atomic mass is 10.1. The summed E-state index contributed by atoms with van der Waals surface area (Å²) in [7, 11) is 0. The molecule has 0 saturated carbocycles. The number of halogens is 1. The van der Waals surface area contributed by atoms with Gasteiger partial charge in [-0.1, -0.05) is 28.1 Å². The number of hydrogen-bond donors (Lipinski definition) is 1. The van der Waals surface area contributed by atoms with E-state index in [-0.39, 0.29) is 5.56 Å². The Kier molecular flexibility index (Phi) is 4.82. The number of aromatic nitrogens is 2. The van der Waals surface area contributed by atoms with Crippen LogP contribution in [-0.2, 0) is 11.2 Å². The molecule has 3 aromatic rings. The van der Waals surface area contributed by atoms with Gasteiger partial charge in [-0.3, -0.25) is 4.79 Å².